The van der Waals surface area contributed by atoms with Crippen LogP contribution in [-0.4, -0.2) is 53.5 Å². The van der Waals surface area contributed by atoms with Crippen LogP contribution >= 0.6 is 15.6 Å². The van der Waals surface area contributed by atoms with Crippen LogP contribution in [0.1, 0.15) is 101 Å². The summed E-state index contributed by atoms with van der Waals surface area (Å²) in [6.07, 6.45) is 17.7. The van der Waals surface area contributed by atoms with Gasteiger partial charge in [-0.05, 0) is 19.8 Å². The van der Waals surface area contributed by atoms with E-state index < -0.39 is 41.0 Å². The molecular formula is C26H48N2O10P2. The van der Waals surface area contributed by atoms with Crippen molar-refractivity contribution in [3.8, 4) is 5.75 Å². The average Bonchev–Trinajstić information content (AvgIpc) is 2.87. The van der Waals surface area contributed by atoms with Crippen molar-refractivity contribution >= 4 is 15.6 Å². The monoisotopic (exact) mass is 610 g/mol. The van der Waals surface area contributed by atoms with E-state index in [1.807, 2.05) is 6.08 Å². The van der Waals surface area contributed by atoms with E-state index in [4.69, 9.17) is 19.6 Å². The summed E-state index contributed by atoms with van der Waals surface area (Å²) in [6.45, 7) is 2.55. The largest absolute Gasteiger partial charge is 0.506 e. The third kappa shape index (κ3) is 17.6. The predicted octanol–water partition coefficient (Wildman–Crippen LogP) is 4.89. The Morgan fingerprint density at radius 2 is 1.48 bits per heavy atom. The quantitative estimate of drug-likeness (QED) is 0.0504. The van der Waals surface area contributed by atoms with Crippen LogP contribution in [0.2, 0.25) is 0 Å². The Morgan fingerprint density at radius 1 is 0.925 bits per heavy atom. The number of rotatable bonds is 23. The fourth-order valence-corrected chi connectivity index (χ4v) is 4.81. The van der Waals surface area contributed by atoms with E-state index >= 15 is 0 Å². The molecule has 0 amide bonds. The van der Waals surface area contributed by atoms with Gasteiger partial charge in [-0.3, -0.25) is 14.0 Å². The zero-order valence-corrected chi connectivity index (χ0v) is 25.4. The van der Waals surface area contributed by atoms with Crippen molar-refractivity contribution in [3.63, 3.8) is 0 Å². The SMILES string of the molecule is CCCCCCCCCCCCC/C=C/[C@@H](O)[C@H](COP(=O)(O)O)NCc1c(COP(=O)(O)O)cnc(C)c1O. The maximum Gasteiger partial charge on any atom is 0.469 e. The molecule has 0 spiro atoms. The van der Waals surface area contributed by atoms with Gasteiger partial charge in [0.25, 0.3) is 0 Å². The highest BCUT2D eigenvalue weighted by Crippen LogP contribution is 2.38. The smallest absolute Gasteiger partial charge is 0.469 e. The standard InChI is InChI=1S/C26H48N2O10P2/c1-3-4-5-6-7-8-9-10-11-12-13-14-15-16-25(29)24(20-38-40(34,35)36)28-18-23-22(19-37-39(31,32)33)17-27-21(2)26(23)30/h15-17,24-25,28-30H,3-14,18-20H2,1-2H3,(H2,31,32,33)(H2,34,35,36)/b16-15+/t24-,25+/m0/s1. The van der Waals surface area contributed by atoms with Gasteiger partial charge in [-0.15, -0.1) is 0 Å². The number of nitrogens with one attached hydrogen (secondary N) is 1. The molecule has 1 rings (SSSR count). The molecule has 0 saturated heterocycles. The molecule has 1 aromatic rings. The lowest BCUT2D eigenvalue weighted by Gasteiger charge is -2.23. The number of nitrogens with zero attached hydrogens (tertiary/aromatic N) is 1. The molecule has 0 aromatic carbocycles. The summed E-state index contributed by atoms with van der Waals surface area (Å²) in [6, 6.07) is -0.968. The number of pyridine rings is 1. The van der Waals surface area contributed by atoms with Gasteiger partial charge in [0.05, 0.1) is 31.1 Å². The Labute approximate surface area is 237 Å². The van der Waals surface area contributed by atoms with E-state index in [1.54, 1.807) is 0 Å². The summed E-state index contributed by atoms with van der Waals surface area (Å²) >= 11 is 0. The molecule has 0 aliphatic rings. The lowest BCUT2D eigenvalue weighted by atomic mass is 10.0. The van der Waals surface area contributed by atoms with E-state index in [-0.39, 0.29) is 29.1 Å². The number of aliphatic hydroxyl groups excluding tert-OH is 1. The Kier molecular flexibility index (Phi) is 18.3. The molecule has 0 aliphatic carbocycles. The summed E-state index contributed by atoms with van der Waals surface area (Å²) in [5.74, 6) is -0.240. The number of allylic oxidation sites excluding steroid dienone is 1. The summed E-state index contributed by atoms with van der Waals surface area (Å²) in [5, 5.41) is 24.1. The van der Waals surface area contributed by atoms with Gasteiger partial charge in [0.15, 0.2) is 0 Å². The normalized spacial score (nSPS) is 14.2. The van der Waals surface area contributed by atoms with Crippen LogP contribution in [0, 0.1) is 6.92 Å². The first-order valence-electron chi connectivity index (χ1n) is 14.0. The molecule has 40 heavy (non-hydrogen) atoms. The number of phosphoric ester groups is 2. The maximum absolute atomic E-state index is 11.3. The lowest BCUT2D eigenvalue weighted by Crippen LogP contribution is -2.42. The summed E-state index contributed by atoms with van der Waals surface area (Å²) in [5.41, 5.74) is 0.654. The fourth-order valence-electron chi connectivity index (χ4n) is 4.14. The highest BCUT2D eigenvalue weighted by Gasteiger charge is 2.24. The Morgan fingerprint density at radius 3 is 2.02 bits per heavy atom. The number of aryl methyl sites for hydroxylation is 1. The third-order valence-corrected chi connectivity index (χ3v) is 7.45. The Balaban J connectivity index is 2.62. The van der Waals surface area contributed by atoms with Crippen LogP contribution < -0.4 is 5.32 Å². The third-order valence-electron chi connectivity index (χ3n) is 6.50. The minimum absolute atomic E-state index is 0.131. The molecule has 232 valence electrons. The molecule has 1 aromatic heterocycles. The minimum atomic E-state index is -4.81. The van der Waals surface area contributed by atoms with Gasteiger partial charge in [-0.2, -0.15) is 0 Å². The van der Waals surface area contributed by atoms with E-state index in [0.717, 1.165) is 25.7 Å². The number of phosphoric acid groups is 2. The molecule has 0 unspecified atom stereocenters. The van der Waals surface area contributed by atoms with E-state index in [0.29, 0.717) is 0 Å². The van der Waals surface area contributed by atoms with Crippen LogP contribution in [0.4, 0.5) is 0 Å². The first kappa shape index (κ1) is 36.9. The number of hydrogen-bond donors (Lipinski definition) is 7. The Bertz CT molecular complexity index is 967. The molecule has 0 radical (unpaired) electrons. The highest BCUT2D eigenvalue weighted by molar-refractivity contribution is 7.46. The first-order chi connectivity index (χ1) is 18.8. The van der Waals surface area contributed by atoms with Crippen molar-refractivity contribution < 1.29 is 48.0 Å². The van der Waals surface area contributed by atoms with Crippen LogP contribution in [0.25, 0.3) is 0 Å². The fraction of sp³-hybridized carbons (Fsp3) is 0.731. The van der Waals surface area contributed by atoms with Crippen molar-refractivity contribution in [3.05, 3.63) is 35.2 Å². The summed E-state index contributed by atoms with van der Waals surface area (Å²) < 4.78 is 31.5. The topological polar surface area (TPSA) is 199 Å². The molecule has 0 fully saturated rings. The van der Waals surface area contributed by atoms with Crippen molar-refractivity contribution in [2.75, 3.05) is 6.61 Å². The molecule has 2 atom stereocenters. The molecular weight excluding hydrogens is 562 g/mol. The maximum atomic E-state index is 11.3. The number of aliphatic hydroxyl groups is 1. The van der Waals surface area contributed by atoms with Crippen molar-refractivity contribution in [2.45, 2.75) is 116 Å². The number of unbranched alkanes of at least 4 members (excludes halogenated alkanes) is 11. The lowest BCUT2D eigenvalue weighted by molar-refractivity contribution is 0.111. The molecule has 14 heteroatoms. The highest BCUT2D eigenvalue weighted by atomic mass is 31.2. The molecule has 0 aliphatic heterocycles. The molecule has 0 bridgehead atoms. The number of aromatic hydroxyl groups is 1. The van der Waals surface area contributed by atoms with Crippen LogP contribution in [0.15, 0.2) is 18.3 Å². The second-order valence-electron chi connectivity index (χ2n) is 9.98. The van der Waals surface area contributed by atoms with Gasteiger partial charge in [0, 0.05) is 23.9 Å². The van der Waals surface area contributed by atoms with Gasteiger partial charge in [0.2, 0.25) is 0 Å². The molecule has 12 nitrogen and oxygen atoms in total. The van der Waals surface area contributed by atoms with Gasteiger partial charge < -0.3 is 35.1 Å². The van der Waals surface area contributed by atoms with Crippen LogP contribution in [0.3, 0.4) is 0 Å². The number of hydrogen-bond acceptors (Lipinski definition) is 8. The molecule has 7 N–H and O–H groups in total. The van der Waals surface area contributed by atoms with Crippen molar-refractivity contribution in [2.24, 2.45) is 0 Å². The second-order valence-corrected chi connectivity index (χ2v) is 12.5. The van der Waals surface area contributed by atoms with Gasteiger partial charge in [-0.1, -0.05) is 83.3 Å². The van der Waals surface area contributed by atoms with Crippen molar-refractivity contribution in [1.82, 2.24) is 10.3 Å². The van der Waals surface area contributed by atoms with Crippen LogP contribution in [0.5, 0.6) is 5.75 Å². The Hall–Kier alpha value is -1.17. The van der Waals surface area contributed by atoms with E-state index in [9.17, 15) is 19.3 Å². The van der Waals surface area contributed by atoms with E-state index in [2.05, 4.69) is 26.3 Å². The zero-order chi connectivity index (χ0) is 30.0. The average molecular weight is 611 g/mol. The predicted molar refractivity (Wildman–Crippen MR) is 152 cm³/mol. The number of aromatic nitrogens is 1. The molecule has 1 heterocycles. The second kappa shape index (κ2) is 19.9. The van der Waals surface area contributed by atoms with Gasteiger partial charge >= 0.3 is 15.6 Å². The van der Waals surface area contributed by atoms with Crippen LogP contribution in [-0.2, 0) is 31.3 Å². The zero-order valence-electron chi connectivity index (χ0n) is 23.7. The van der Waals surface area contributed by atoms with E-state index in [1.165, 1.54) is 70.6 Å². The molecule has 0 saturated carbocycles. The van der Waals surface area contributed by atoms with Gasteiger partial charge in [0.1, 0.15) is 5.75 Å². The first-order valence-corrected chi connectivity index (χ1v) is 17.0. The van der Waals surface area contributed by atoms with Crippen molar-refractivity contribution in [1.29, 1.82) is 0 Å². The minimum Gasteiger partial charge on any atom is -0.506 e. The summed E-state index contributed by atoms with van der Waals surface area (Å²) in [7, 11) is -9.59. The van der Waals surface area contributed by atoms with Gasteiger partial charge in [-0.25, -0.2) is 9.13 Å². The summed E-state index contributed by atoms with van der Waals surface area (Å²) in [4.78, 5) is 40.2.